The molecule has 2 aromatic heterocycles. The number of aromatic nitrogens is 4. The number of guanidine groups is 1. The minimum absolute atomic E-state index is 0.00894. The fourth-order valence-electron chi connectivity index (χ4n) is 3.42. The number of nitrogens with one attached hydrogen (secondary N) is 1. The van der Waals surface area contributed by atoms with Crippen LogP contribution in [0.5, 0.6) is 0 Å². The maximum absolute atomic E-state index is 5.96. The SMILES string of the molecule is CCNC(=NCc1ccc(-n2cccn2)cc1)N1CCOC(c2cnn(C)c2)C1. The lowest BCUT2D eigenvalue weighted by Gasteiger charge is -2.34. The van der Waals surface area contributed by atoms with Crippen molar-refractivity contribution in [1.29, 1.82) is 0 Å². The van der Waals surface area contributed by atoms with E-state index in [1.54, 1.807) is 6.20 Å². The maximum atomic E-state index is 5.96. The molecule has 3 aromatic rings. The third kappa shape index (κ3) is 4.65. The first-order valence-electron chi connectivity index (χ1n) is 9.95. The summed E-state index contributed by atoms with van der Waals surface area (Å²) in [6.07, 6.45) is 7.61. The van der Waals surface area contributed by atoms with E-state index in [0.29, 0.717) is 13.2 Å². The lowest BCUT2D eigenvalue weighted by atomic mass is 10.1. The molecule has 8 heteroatoms. The van der Waals surface area contributed by atoms with Gasteiger partial charge in [-0.15, -0.1) is 0 Å². The molecule has 0 saturated carbocycles. The molecule has 1 aliphatic heterocycles. The van der Waals surface area contributed by atoms with Crippen molar-refractivity contribution in [3.05, 3.63) is 66.2 Å². The fourth-order valence-corrected chi connectivity index (χ4v) is 3.42. The van der Waals surface area contributed by atoms with Crippen LogP contribution in [0.2, 0.25) is 0 Å². The number of ether oxygens (including phenoxy) is 1. The van der Waals surface area contributed by atoms with Gasteiger partial charge in [-0.3, -0.25) is 4.68 Å². The van der Waals surface area contributed by atoms with Crippen LogP contribution in [0.25, 0.3) is 5.69 Å². The van der Waals surface area contributed by atoms with Gasteiger partial charge in [0.25, 0.3) is 0 Å². The molecular formula is C21H27N7O. The molecule has 0 aliphatic carbocycles. The van der Waals surface area contributed by atoms with Crippen LogP contribution < -0.4 is 5.32 Å². The van der Waals surface area contributed by atoms with Gasteiger partial charge < -0.3 is 15.0 Å². The first kappa shape index (κ1) is 19.2. The minimum Gasteiger partial charge on any atom is -0.370 e. The Morgan fingerprint density at radius 3 is 2.83 bits per heavy atom. The van der Waals surface area contributed by atoms with Crippen molar-refractivity contribution in [2.45, 2.75) is 19.6 Å². The molecule has 1 fully saturated rings. The molecule has 1 unspecified atom stereocenters. The molecule has 29 heavy (non-hydrogen) atoms. The van der Waals surface area contributed by atoms with Crippen molar-refractivity contribution in [3.8, 4) is 5.69 Å². The molecule has 3 heterocycles. The summed E-state index contributed by atoms with van der Waals surface area (Å²) in [4.78, 5) is 7.13. The lowest BCUT2D eigenvalue weighted by molar-refractivity contribution is -0.00805. The van der Waals surface area contributed by atoms with E-state index in [4.69, 9.17) is 9.73 Å². The Labute approximate surface area is 170 Å². The second kappa shape index (κ2) is 8.91. The number of hydrogen-bond donors (Lipinski definition) is 1. The molecule has 0 radical (unpaired) electrons. The predicted octanol–water partition coefficient (Wildman–Crippen LogP) is 2.14. The van der Waals surface area contributed by atoms with E-state index in [2.05, 4.69) is 51.6 Å². The number of morpholine rings is 1. The Kier molecular flexibility index (Phi) is 5.90. The van der Waals surface area contributed by atoms with Crippen LogP contribution in [0.15, 0.2) is 60.1 Å². The van der Waals surface area contributed by atoms with Crippen LogP contribution in [-0.2, 0) is 18.3 Å². The molecule has 152 valence electrons. The maximum Gasteiger partial charge on any atom is 0.194 e. The van der Waals surface area contributed by atoms with E-state index in [1.165, 1.54) is 0 Å². The number of hydrogen-bond acceptors (Lipinski definition) is 4. The van der Waals surface area contributed by atoms with E-state index in [0.717, 1.165) is 42.4 Å². The molecule has 0 spiro atoms. The van der Waals surface area contributed by atoms with E-state index in [9.17, 15) is 0 Å². The van der Waals surface area contributed by atoms with Gasteiger partial charge in [0.2, 0.25) is 0 Å². The van der Waals surface area contributed by atoms with Gasteiger partial charge in [0.05, 0.1) is 31.6 Å². The molecule has 1 atom stereocenters. The average molecular weight is 393 g/mol. The third-order valence-electron chi connectivity index (χ3n) is 4.91. The van der Waals surface area contributed by atoms with Gasteiger partial charge in [-0.2, -0.15) is 10.2 Å². The van der Waals surface area contributed by atoms with Gasteiger partial charge in [-0.05, 0) is 30.7 Å². The average Bonchev–Trinajstić information content (AvgIpc) is 3.44. The van der Waals surface area contributed by atoms with Crippen molar-refractivity contribution < 1.29 is 4.74 Å². The van der Waals surface area contributed by atoms with Gasteiger partial charge in [-0.1, -0.05) is 12.1 Å². The first-order chi connectivity index (χ1) is 14.2. The summed E-state index contributed by atoms with van der Waals surface area (Å²) in [5, 5.41) is 11.9. The summed E-state index contributed by atoms with van der Waals surface area (Å²) in [5.74, 6) is 0.917. The second-order valence-electron chi connectivity index (χ2n) is 7.04. The van der Waals surface area contributed by atoms with Gasteiger partial charge in [0, 0.05) is 44.3 Å². The zero-order valence-electron chi connectivity index (χ0n) is 16.9. The number of nitrogens with zero attached hydrogens (tertiary/aromatic N) is 6. The van der Waals surface area contributed by atoms with Gasteiger partial charge >= 0.3 is 0 Å². The predicted molar refractivity (Wildman–Crippen MR) is 112 cm³/mol. The van der Waals surface area contributed by atoms with Crippen molar-refractivity contribution in [1.82, 2.24) is 29.8 Å². The highest BCUT2D eigenvalue weighted by atomic mass is 16.5. The van der Waals surface area contributed by atoms with Crippen LogP contribution in [0, 0.1) is 0 Å². The van der Waals surface area contributed by atoms with Crippen molar-refractivity contribution in [3.63, 3.8) is 0 Å². The summed E-state index contributed by atoms with van der Waals surface area (Å²) in [7, 11) is 1.92. The quantitative estimate of drug-likeness (QED) is 0.531. The molecule has 1 aromatic carbocycles. The molecule has 1 saturated heterocycles. The normalized spacial score (nSPS) is 17.5. The molecule has 8 nitrogen and oxygen atoms in total. The highest BCUT2D eigenvalue weighted by molar-refractivity contribution is 5.80. The summed E-state index contributed by atoms with van der Waals surface area (Å²) in [6.45, 7) is 5.79. The van der Waals surface area contributed by atoms with Crippen LogP contribution in [0.1, 0.15) is 24.2 Å². The summed E-state index contributed by atoms with van der Waals surface area (Å²) in [5.41, 5.74) is 3.30. The third-order valence-corrected chi connectivity index (χ3v) is 4.91. The van der Waals surface area contributed by atoms with Crippen molar-refractivity contribution in [2.24, 2.45) is 12.0 Å². The summed E-state index contributed by atoms with van der Waals surface area (Å²) in [6, 6.07) is 10.3. The molecule has 0 amide bonds. The van der Waals surface area contributed by atoms with Crippen LogP contribution in [0.3, 0.4) is 0 Å². The monoisotopic (exact) mass is 393 g/mol. The van der Waals surface area contributed by atoms with Crippen molar-refractivity contribution >= 4 is 5.96 Å². The Morgan fingerprint density at radius 1 is 1.28 bits per heavy atom. The van der Waals surface area contributed by atoms with E-state index >= 15 is 0 Å². The molecular weight excluding hydrogens is 366 g/mol. The minimum atomic E-state index is 0.00894. The number of aryl methyl sites for hydroxylation is 1. The van der Waals surface area contributed by atoms with Crippen LogP contribution in [0.4, 0.5) is 0 Å². The Hall–Kier alpha value is -3.13. The molecule has 1 aliphatic rings. The largest absolute Gasteiger partial charge is 0.370 e. The van der Waals surface area contributed by atoms with E-state index in [1.807, 2.05) is 41.1 Å². The summed E-state index contributed by atoms with van der Waals surface area (Å²) >= 11 is 0. The fraction of sp³-hybridized carbons (Fsp3) is 0.381. The van der Waals surface area contributed by atoms with Crippen LogP contribution >= 0.6 is 0 Å². The van der Waals surface area contributed by atoms with Gasteiger partial charge in [0.15, 0.2) is 5.96 Å². The van der Waals surface area contributed by atoms with Gasteiger partial charge in [0.1, 0.15) is 6.10 Å². The highest BCUT2D eigenvalue weighted by Crippen LogP contribution is 2.21. The highest BCUT2D eigenvalue weighted by Gasteiger charge is 2.25. The smallest absolute Gasteiger partial charge is 0.194 e. The lowest BCUT2D eigenvalue weighted by Crippen LogP contribution is -2.48. The zero-order chi connectivity index (χ0) is 20.1. The molecule has 1 N–H and O–H groups in total. The van der Waals surface area contributed by atoms with Crippen LogP contribution in [-0.4, -0.2) is 56.7 Å². The zero-order valence-corrected chi connectivity index (χ0v) is 16.9. The Balaban J connectivity index is 1.44. The first-order valence-corrected chi connectivity index (χ1v) is 9.95. The van der Waals surface area contributed by atoms with Gasteiger partial charge in [-0.25, -0.2) is 9.67 Å². The molecule has 4 rings (SSSR count). The van der Waals surface area contributed by atoms with E-state index in [-0.39, 0.29) is 6.10 Å². The number of aliphatic imine (C=N–C) groups is 1. The summed E-state index contributed by atoms with van der Waals surface area (Å²) < 4.78 is 9.62. The Morgan fingerprint density at radius 2 is 2.14 bits per heavy atom. The standard InChI is InChI=1S/C21H27N7O/c1-3-22-21(27-11-12-29-20(16-27)18-14-25-26(2)15-18)23-13-17-5-7-19(8-6-17)28-10-4-9-24-28/h4-10,14-15,20H,3,11-13,16H2,1-2H3,(H,22,23). The van der Waals surface area contributed by atoms with E-state index < -0.39 is 0 Å². The Bertz CT molecular complexity index is 930. The van der Waals surface area contributed by atoms with Crippen molar-refractivity contribution in [2.75, 3.05) is 26.2 Å². The topological polar surface area (TPSA) is 72.5 Å². The second-order valence-corrected chi connectivity index (χ2v) is 7.04. The number of rotatable bonds is 5. The number of benzene rings is 1. The molecule has 0 bridgehead atoms.